The molecule has 1 aromatic heterocycles. The molecular weight excluding hydrogens is 260 g/mol. The number of nitrogens with two attached hydrogens (primary N) is 1. The van der Waals surface area contributed by atoms with Crippen LogP contribution in [0.1, 0.15) is 22.7 Å². The average molecular weight is 276 g/mol. The smallest absolute Gasteiger partial charge is 0.306 e. The molecular formula is C14H16N2O2S. The van der Waals surface area contributed by atoms with Gasteiger partial charge in [-0.05, 0) is 31.0 Å². The standard InChI is InChI=1S/C14H16N2O2S/c1-10-9-19-13(16-10)8-18-14(17)6-5-11-3-2-4-12(15)7-11/h2-4,7,9H,5-6,8,15H2,1H3. The SMILES string of the molecule is Cc1csc(COC(=O)CCc2cccc(N)c2)n1. The fourth-order valence-electron chi connectivity index (χ4n) is 1.68. The molecule has 0 aliphatic carbocycles. The van der Waals surface area contributed by atoms with E-state index in [0.717, 1.165) is 16.3 Å². The summed E-state index contributed by atoms with van der Waals surface area (Å²) in [5.74, 6) is -0.213. The molecule has 0 fully saturated rings. The molecule has 0 saturated carbocycles. The van der Waals surface area contributed by atoms with Crippen LogP contribution in [0.25, 0.3) is 0 Å². The first-order chi connectivity index (χ1) is 9.13. The van der Waals surface area contributed by atoms with E-state index >= 15 is 0 Å². The fraction of sp³-hybridized carbons (Fsp3) is 0.286. The van der Waals surface area contributed by atoms with Gasteiger partial charge in [-0.15, -0.1) is 11.3 Å². The van der Waals surface area contributed by atoms with E-state index in [4.69, 9.17) is 10.5 Å². The second kappa shape index (κ2) is 6.33. The Morgan fingerprint density at radius 2 is 2.32 bits per heavy atom. The Morgan fingerprint density at radius 1 is 1.47 bits per heavy atom. The third kappa shape index (κ3) is 4.37. The zero-order valence-corrected chi connectivity index (χ0v) is 11.6. The molecule has 0 aliphatic rings. The molecule has 1 heterocycles. The Labute approximate surface area is 116 Å². The first kappa shape index (κ1) is 13.5. The minimum atomic E-state index is -0.213. The van der Waals surface area contributed by atoms with E-state index in [0.29, 0.717) is 18.5 Å². The van der Waals surface area contributed by atoms with Gasteiger partial charge < -0.3 is 10.5 Å². The molecule has 0 spiro atoms. The minimum Gasteiger partial charge on any atom is -0.458 e. The molecule has 5 heteroatoms. The van der Waals surface area contributed by atoms with Crippen molar-refractivity contribution in [3.05, 3.63) is 45.9 Å². The third-order valence-electron chi connectivity index (χ3n) is 2.59. The third-order valence-corrected chi connectivity index (χ3v) is 3.53. The van der Waals surface area contributed by atoms with Crippen LogP contribution in [-0.4, -0.2) is 11.0 Å². The average Bonchev–Trinajstić information content (AvgIpc) is 2.80. The van der Waals surface area contributed by atoms with E-state index in [9.17, 15) is 4.79 Å². The Kier molecular flexibility index (Phi) is 4.52. The summed E-state index contributed by atoms with van der Waals surface area (Å²) < 4.78 is 5.17. The van der Waals surface area contributed by atoms with Gasteiger partial charge >= 0.3 is 5.97 Å². The van der Waals surface area contributed by atoms with Gasteiger partial charge in [-0.3, -0.25) is 4.79 Å². The van der Waals surface area contributed by atoms with Crippen molar-refractivity contribution in [2.24, 2.45) is 0 Å². The number of anilines is 1. The zero-order valence-electron chi connectivity index (χ0n) is 10.8. The highest BCUT2D eigenvalue weighted by atomic mass is 32.1. The van der Waals surface area contributed by atoms with Crippen LogP contribution in [0.15, 0.2) is 29.6 Å². The summed E-state index contributed by atoms with van der Waals surface area (Å²) in [4.78, 5) is 15.8. The summed E-state index contributed by atoms with van der Waals surface area (Å²) in [6.07, 6.45) is 0.995. The predicted molar refractivity (Wildman–Crippen MR) is 75.8 cm³/mol. The predicted octanol–water partition coefficient (Wildman–Crippen LogP) is 2.71. The van der Waals surface area contributed by atoms with Gasteiger partial charge in [0.1, 0.15) is 11.6 Å². The first-order valence-corrected chi connectivity index (χ1v) is 6.92. The molecule has 2 aromatic rings. The number of benzene rings is 1. The van der Waals surface area contributed by atoms with Gasteiger partial charge in [0.15, 0.2) is 0 Å². The molecule has 1 aromatic carbocycles. The number of carbonyl (C=O) groups excluding carboxylic acids is 1. The summed E-state index contributed by atoms with van der Waals surface area (Å²) in [6, 6.07) is 7.53. The number of nitrogens with zero attached hydrogens (tertiary/aromatic N) is 1. The van der Waals surface area contributed by atoms with Crippen molar-refractivity contribution >= 4 is 23.0 Å². The van der Waals surface area contributed by atoms with Crippen molar-refractivity contribution in [3.8, 4) is 0 Å². The lowest BCUT2D eigenvalue weighted by molar-refractivity contribution is -0.144. The monoisotopic (exact) mass is 276 g/mol. The summed E-state index contributed by atoms with van der Waals surface area (Å²) in [6.45, 7) is 2.18. The molecule has 19 heavy (non-hydrogen) atoms. The molecule has 2 rings (SSSR count). The molecule has 0 unspecified atom stereocenters. The zero-order chi connectivity index (χ0) is 13.7. The molecule has 100 valence electrons. The second-order valence-electron chi connectivity index (χ2n) is 4.29. The number of thiazole rings is 1. The minimum absolute atomic E-state index is 0.213. The van der Waals surface area contributed by atoms with Crippen molar-refractivity contribution in [2.75, 3.05) is 5.73 Å². The molecule has 0 aliphatic heterocycles. The molecule has 0 saturated heterocycles. The molecule has 0 atom stereocenters. The maximum Gasteiger partial charge on any atom is 0.306 e. The maximum absolute atomic E-state index is 11.6. The quantitative estimate of drug-likeness (QED) is 0.673. The topological polar surface area (TPSA) is 65.2 Å². The molecule has 0 amide bonds. The number of esters is 1. The largest absolute Gasteiger partial charge is 0.458 e. The van der Waals surface area contributed by atoms with E-state index in [-0.39, 0.29) is 12.6 Å². The summed E-state index contributed by atoms with van der Waals surface area (Å²) >= 11 is 1.50. The highest BCUT2D eigenvalue weighted by Gasteiger charge is 2.06. The van der Waals surface area contributed by atoms with Gasteiger partial charge in [-0.1, -0.05) is 12.1 Å². The second-order valence-corrected chi connectivity index (χ2v) is 5.23. The van der Waals surface area contributed by atoms with Crippen LogP contribution < -0.4 is 5.73 Å². The van der Waals surface area contributed by atoms with E-state index in [1.165, 1.54) is 11.3 Å². The molecule has 4 nitrogen and oxygen atoms in total. The van der Waals surface area contributed by atoms with E-state index in [1.54, 1.807) is 0 Å². The van der Waals surface area contributed by atoms with Crippen molar-refractivity contribution in [2.45, 2.75) is 26.4 Å². The van der Waals surface area contributed by atoms with Crippen molar-refractivity contribution in [3.63, 3.8) is 0 Å². The lowest BCUT2D eigenvalue weighted by Crippen LogP contribution is -2.06. The molecule has 0 bridgehead atoms. The van der Waals surface area contributed by atoms with Gasteiger partial charge in [0.05, 0.1) is 0 Å². The summed E-state index contributed by atoms with van der Waals surface area (Å²) in [7, 11) is 0. The van der Waals surface area contributed by atoms with Gasteiger partial charge in [0.25, 0.3) is 0 Å². The number of rotatable bonds is 5. The van der Waals surface area contributed by atoms with Crippen molar-refractivity contribution in [1.82, 2.24) is 4.98 Å². The Hall–Kier alpha value is -1.88. The number of hydrogen-bond donors (Lipinski definition) is 1. The van der Waals surface area contributed by atoms with Gasteiger partial charge in [-0.2, -0.15) is 0 Å². The Morgan fingerprint density at radius 3 is 3.00 bits per heavy atom. The van der Waals surface area contributed by atoms with Crippen molar-refractivity contribution in [1.29, 1.82) is 0 Å². The van der Waals surface area contributed by atoms with Gasteiger partial charge in [-0.25, -0.2) is 4.98 Å². The first-order valence-electron chi connectivity index (χ1n) is 6.04. The van der Waals surface area contributed by atoms with Crippen LogP contribution in [0, 0.1) is 6.92 Å². The Bertz CT molecular complexity index is 566. The number of ether oxygens (including phenoxy) is 1. The number of hydrogen-bond acceptors (Lipinski definition) is 5. The van der Waals surface area contributed by atoms with Gasteiger partial charge in [0.2, 0.25) is 0 Å². The summed E-state index contributed by atoms with van der Waals surface area (Å²) in [5, 5.41) is 2.77. The highest BCUT2D eigenvalue weighted by Crippen LogP contribution is 2.12. The maximum atomic E-state index is 11.6. The lowest BCUT2D eigenvalue weighted by Gasteiger charge is -2.03. The van der Waals surface area contributed by atoms with Crippen LogP contribution in [-0.2, 0) is 22.6 Å². The van der Waals surface area contributed by atoms with Crippen LogP contribution in [0.3, 0.4) is 0 Å². The molecule has 0 radical (unpaired) electrons. The van der Waals surface area contributed by atoms with E-state index < -0.39 is 0 Å². The van der Waals surface area contributed by atoms with Crippen LogP contribution in [0.2, 0.25) is 0 Å². The molecule has 2 N–H and O–H groups in total. The van der Waals surface area contributed by atoms with E-state index in [2.05, 4.69) is 4.98 Å². The summed E-state index contributed by atoms with van der Waals surface area (Å²) in [5.41, 5.74) is 8.39. The van der Waals surface area contributed by atoms with E-state index in [1.807, 2.05) is 36.6 Å². The number of aryl methyl sites for hydroxylation is 2. The Balaban J connectivity index is 1.75. The highest BCUT2D eigenvalue weighted by molar-refractivity contribution is 7.09. The lowest BCUT2D eigenvalue weighted by atomic mass is 10.1. The van der Waals surface area contributed by atoms with Gasteiger partial charge in [0, 0.05) is 23.2 Å². The van der Waals surface area contributed by atoms with Crippen LogP contribution in [0.4, 0.5) is 5.69 Å². The van der Waals surface area contributed by atoms with Crippen LogP contribution >= 0.6 is 11.3 Å². The van der Waals surface area contributed by atoms with Crippen molar-refractivity contribution < 1.29 is 9.53 Å². The van der Waals surface area contributed by atoms with Crippen LogP contribution in [0.5, 0.6) is 0 Å². The number of carbonyl (C=O) groups is 1. The fourth-order valence-corrected chi connectivity index (χ4v) is 2.36. The normalized spacial score (nSPS) is 10.4. The number of aromatic nitrogens is 1. The number of nitrogen functional groups attached to an aromatic ring is 1.